The number of halogens is 1. The molecule has 0 aliphatic rings. The number of ether oxygens (including phenoxy) is 1. The topological polar surface area (TPSA) is 48.2 Å². The summed E-state index contributed by atoms with van der Waals surface area (Å²) in [6.07, 6.45) is 0. The van der Waals surface area contributed by atoms with Crippen LogP contribution < -0.4 is 4.74 Å². The molecule has 0 atom stereocenters. The Morgan fingerprint density at radius 2 is 1.85 bits per heavy atom. The second kappa shape index (κ2) is 5.73. The fraction of sp³-hybridized carbons (Fsp3) is 0.143. The number of methoxy groups -OCH3 is 1. The molecule has 0 unspecified atom stereocenters. The Labute approximate surface area is 125 Å². The lowest BCUT2D eigenvalue weighted by Gasteiger charge is -2.04. The molecule has 20 heavy (non-hydrogen) atoms. The number of hydrogen-bond acceptors (Lipinski definition) is 5. The van der Waals surface area contributed by atoms with Crippen LogP contribution in [0.4, 0.5) is 0 Å². The van der Waals surface area contributed by atoms with Gasteiger partial charge in [-0.3, -0.25) is 0 Å². The molecule has 102 valence electrons. The molecule has 0 radical (unpaired) electrons. The van der Waals surface area contributed by atoms with Crippen molar-refractivity contribution < 1.29 is 9.37 Å². The third kappa shape index (κ3) is 2.59. The van der Waals surface area contributed by atoms with E-state index in [9.17, 15) is 0 Å². The van der Waals surface area contributed by atoms with E-state index >= 15 is 0 Å². The first-order valence-corrected chi connectivity index (χ1v) is 7.31. The SMILES string of the molecule is COc1ccc(CSc2ccc(Cl)c3nonc23)cc1. The van der Waals surface area contributed by atoms with Gasteiger partial charge in [0.1, 0.15) is 11.3 Å². The van der Waals surface area contributed by atoms with Gasteiger partial charge in [0, 0.05) is 10.6 Å². The molecule has 3 rings (SSSR count). The van der Waals surface area contributed by atoms with Crippen molar-refractivity contribution in [3.8, 4) is 5.75 Å². The Balaban J connectivity index is 1.79. The molecular formula is C14H11ClN2O2S. The van der Waals surface area contributed by atoms with Crippen molar-refractivity contribution in [3.63, 3.8) is 0 Å². The van der Waals surface area contributed by atoms with Gasteiger partial charge in [0.25, 0.3) is 0 Å². The van der Waals surface area contributed by atoms with Crippen molar-refractivity contribution in [2.75, 3.05) is 7.11 Å². The fourth-order valence-corrected chi connectivity index (χ4v) is 2.95. The molecule has 3 aromatic rings. The average molecular weight is 307 g/mol. The van der Waals surface area contributed by atoms with Crippen LogP contribution in [0.15, 0.2) is 45.9 Å². The second-order valence-corrected chi connectivity index (χ2v) is 5.57. The van der Waals surface area contributed by atoms with Crippen LogP contribution in [0, 0.1) is 0 Å². The number of aromatic nitrogens is 2. The third-order valence-electron chi connectivity index (χ3n) is 2.88. The quantitative estimate of drug-likeness (QED) is 0.677. The van der Waals surface area contributed by atoms with Crippen molar-refractivity contribution in [3.05, 3.63) is 47.0 Å². The zero-order chi connectivity index (χ0) is 13.9. The van der Waals surface area contributed by atoms with Gasteiger partial charge in [-0.1, -0.05) is 23.7 Å². The highest BCUT2D eigenvalue weighted by Crippen LogP contribution is 2.32. The normalized spacial score (nSPS) is 10.9. The van der Waals surface area contributed by atoms with Gasteiger partial charge in [0.15, 0.2) is 5.52 Å². The molecule has 0 aliphatic heterocycles. The van der Waals surface area contributed by atoms with Crippen molar-refractivity contribution in [2.45, 2.75) is 10.6 Å². The van der Waals surface area contributed by atoms with Crippen LogP contribution in [0.25, 0.3) is 11.0 Å². The van der Waals surface area contributed by atoms with Crippen molar-refractivity contribution in [1.82, 2.24) is 10.3 Å². The zero-order valence-electron chi connectivity index (χ0n) is 10.7. The highest BCUT2D eigenvalue weighted by molar-refractivity contribution is 7.98. The molecule has 1 aromatic heterocycles. The Kier molecular flexibility index (Phi) is 3.80. The van der Waals surface area contributed by atoms with Gasteiger partial charge in [-0.15, -0.1) is 11.8 Å². The smallest absolute Gasteiger partial charge is 0.154 e. The molecule has 6 heteroatoms. The lowest BCUT2D eigenvalue weighted by molar-refractivity contribution is 0.315. The van der Waals surface area contributed by atoms with E-state index in [1.807, 2.05) is 36.4 Å². The highest BCUT2D eigenvalue weighted by Gasteiger charge is 2.11. The van der Waals surface area contributed by atoms with E-state index in [2.05, 4.69) is 10.3 Å². The summed E-state index contributed by atoms with van der Waals surface area (Å²) in [4.78, 5) is 1.00. The number of thioether (sulfide) groups is 1. The number of hydrogen-bond donors (Lipinski definition) is 0. The van der Waals surface area contributed by atoms with Gasteiger partial charge in [-0.05, 0) is 40.1 Å². The predicted molar refractivity (Wildman–Crippen MR) is 79.4 cm³/mol. The van der Waals surface area contributed by atoms with E-state index in [0.29, 0.717) is 16.1 Å². The summed E-state index contributed by atoms with van der Waals surface area (Å²) in [5.41, 5.74) is 2.51. The standard InChI is InChI=1S/C14H11ClN2O2S/c1-18-10-4-2-9(3-5-10)8-20-12-7-6-11(15)13-14(12)17-19-16-13/h2-7H,8H2,1H3. The van der Waals surface area contributed by atoms with E-state index < -0.39 is 0 Å². The second-order valence-electron chi connectivity index (χ2n) is 4.14. The predicted octanol–water partition coefficient (Wildman–Crippen LogP) is 4.18. The number of rotatable bonds is 4. The van der Waals surface area contributed by atoms with Gasteiger partial charge in [0.05, 0.1) is 12.1 Å². The Bertz CT molecular complexity index is 728. The van der Waals surface area contributed by atoms with E-state index in [4.69, 9.17) is 21.0 Å². The number of nitrogens with zero attached hydrogens (tertiary/aromatic N) is 2. The van der Waals surface area contributed by atoms with Gasteiger partial charge in [-0.2, -0.15) is 0 Å². The molecule has 0 saturated heterocycles. The first-order valence-electron chi connectivity index (χ1n) is 5.94. The minimum Gasteiger partial charge on any atom is -0.497 e. The monoisotopic (exact) mass is 306 g/mol. The fourth-order valence-electron chi connectivity index (χ4n) is 1.81. The number of benzene rings is 2. The minimum absolute atomic E-state index is 0.551. The molecule has 0 saturated carbocycles. The first kappa shape index (κ1) is 13.3. The van der Waals surface area contributed by atoms with Crippen LogP contribution in [0.5, 0.6) is 5.75 Å². The van der Waals surface area contributed by atoms with Crippen molar-refractivity contribution >= 4 is 34.4 Å². The highest BCUT2D eigenvalue weighted by atomic mass is 35.5. The summed E-state index contributed by atoms with van der Waals surface area (Å²) in [6.45, 7) is 0. The lowest BCUT2D eigenvalue weighted by atomic mass is 10.2. The van der Waals surface area contributed by atoms with Crippen molar-refractivity contribution in [2.24, 2.45) is 0 Å². The summed E-state index contributed by atoms with van der Waals surface area (Å²) < 4.78 is 9.89. The number of fused-ring (bicyclic) bond motifs is 1. The van der Waals surface area contributed by atoms with Crippen LogP contribution in [-0.2, 0) is 5.75 Å². The van der Waals surface area contributed by atoms with E-state index in [1.54, 1.807) is 18.9 Å². The average Bonchev–Trinajstić information content (AvgIpc) is 2.98. The van der Waals surface area contributed by atoms with Crippen LogP contribution in [-0.4, -0.2) is 17.4 Å². The largest absolute Gasteiger partial charge is 0.497 e. The summed E-state index contributed by atoms with van der Waals surface area (Å²) in [7, 11) is 1.66. The molecule has 1 heterocycles. The summed E-state index contributed by atoms with van der Waals surface area (Å²) >= 11 is 7.70. The Morgan fingerprint density at radius 3 is 2.60 bits per heavy atom. The summed E-state index contributed by atoms with van der Waals surface area (Å²) in [6, 6.07) is 11.7. The van der Waals surface area contributed by atoms with E-state index in [-0.39, 0.29) is 0 Å². The van der Waals surface area contributed by atoms with E-state index in [0.717, 1.165) is 16.4 Å². The van der Waals surface area contributed by atoms with Gasteiger partial charge < -0.3 is 4.74 Å². The Hall–Kier alpha value is -1.72. The maximum absolute atomic E-state index is 6.04. The van der Waals surface area contributed by atoms with Gasteiger partial charge >= 0.3 is 0 Å². The molecule has 0 bridgehead atoms. The molecule has 0 amide bonds. The first-order chi connectivity index (χ1) is 9.78. The Morgan fingerprint density at radius 1 is 1.10 bits per heavy atom. The van der Waals surface area contributed by atoms with Crippen LogP contribution in [0.3, 0.4) is 0 Å². The van der Waals surface area contributed by atoms with E-state index in [1.165, 1.54) is 5.56 Å². The zero-order valence-corrected chi connectivity index (χ0v) is 12.2. The van der Waals surface area contributed by atoms with Gasteiger partial charge in [-0.25, -0.2) is 4.63 Å². The van der Waals surface area contributed by atoms with Crippen LogP contribution in [0.2, 0.25) is 5.02 Å². The maximum atomic E-state index is 6.04. The van der Waals surface area contributed by atoms with Crippen LogP contribution in [0.1, 0.15) is 5.56 Å². The molecular weight excluding hydrogens is 296 g/mol. The lowest BCUT2D eigenvalue weighted by Crippen LogP contribution is -1.85. The van der Waals surface area contributed by atoms with Crippen LogP contribution >= 0.6 is 23.4 Å². The molecule has 0 fully saturated rings. The molecule has 0 N–H and O–H groups in total. The minimum atomic E-state index is 0.551. The van der Waals surface area contributed by atoms with Gasteiger partial charge in [0.2, 0.25) is 0 Å². The molecule has 2 aromatic carbocycles. The maximum Gasteiger partial charge on any atom is 0.154 e. The third-order valence-corrected chi connectivity index (χ3v) is 4.31. The summed E-state index contributed by atoms with van der Waals surface area (Å²) in [5, 5.41) is 8.27. The molecule has 0 aliphatic carbocycles. The molecule has 4 nitrogen and oxygen atoms in total. The van der Waals surface area contributed by atoms with Crippen molar-refractivity contribution in [1.29, 1.82) is 0 Å². The molecule has 0 spiro atoms. The summed E-state index contributed by atoms with van der Waals surface area (Å²) in [5.74, 6) is 1.68.